The van der Waals surface area contributed by atoms with Gasteiger partial charge >= 0.3 is 0 Å². The molecule has 0 spiro atoms. The summed E-state index contributed by atoms with van der Waals surface area (Å²) in [7, 11) is 1.73. The van der Waals surface area contributed by atoms with Crippen LogP contribution in [0.4, 0.5) is 5.13 Å². The summed E-state index contributed by atoms with van der Waals surface area (Å²) in [5.74, 6) is -0.539. The molecule has 0 bridgehead atoms. The van der Waals surface area contributed by atoms with Gasteiger partial charge in [0, 0.05) is 36.3 Å². The van der Waals surface area contributed by atoms with Crippen molar-refractivity contribution in [3.63, 3.8) is 0 Å². The number of amides is 2. The van der Waals surface area contributed by atoms with E-state index in [9.17, 15) is 9.59 Å². The second-order valence-corrected chi connectivity index (χ2v) is 9.30. The molecule has 0 aliphatic heterocycles. The van der Waals surface area contributed by atoms with E-state index in [2.05, 4.69) is 27.8 Å². The number of hydrogen-bond donors (Lipinski definition) is 2. The Bertz CT molecular complexity index is 1260. The molecule has 0 aliphatic carbocycles. The van der Waals surface area contributed by atoms with E-state index in [0.717, 1.165) is 16.1 Å². The maximum Gasteiger partial charge on any atom is 0.288 e. The zero-order chi connectivity index (χ0) is 23.4. The second-order valence-electron chi connectivity index (χ2n) is 8.21. The molecule has 2 aromatic carbocycles. The van der Waals surface area contributed by atoms with Gasteiger partial charge in [-0.1, -0.05) is 60.7 Å². The van der Waals surface area contributed by atoms with E-state index >= 15 is 0 Å². The normalized spacial score (nSPS) is 11.2. The molecule has 0 aliphatic rings. The molecule has 0 radical (unpaired) electrons. The van der Waals surface area contributed by atoms with Crippen LogP contribution in [0.15, 0.2) is 73.1 Å². The standard InChI is InChI=1S/C25H25N5O2S/c1-25(2,29-22(31)21-26-14-15-30(21)3)23(32)28-24-27-20(18-12-8-5-9-13-18)19(33-24)16-17-10-6-4-7-11-17/h4-15H,16H2,1-3H3,(H,29,31)(H,27,28,32). The smallest absolute Gasteiger partial charge is 0.288 e. The average Bonchev–Trinajstić information content (AvgIpc) is 3.40. The van der Waals surface area contributed by atoms with E-state index in [4.69, 9.17) is 4.98 Å². The fourth-order valence-electron chi connectivity index (χ4n) is 3.36. The first-order chi connectivity index (χ1) is 15.8. The van der Waals surface area contributed by atoms with Gasteiger partial charge in [0.2, 0.25) is 0 Å². The first-order valence-corrected chi connectivity index (χ1v) is 11.4. The van der Waals surface area contributed by atoms with Crippen LogP contribution in [-0.2, 0) is 18.3 Å². The number of hydrogen-bond acceptors (Lipinski definition) is 5. The predicted octanol–water partition coefficient (Wildman–Crippen LogP) is 4.28. The molecule has 0 fully saturated rings. The van der Waals surface area contributed by atoms with Crippen LogP contribution in [0.25, 0.3) is 11.3 Å². The zero-order valence-corrected chi connectivity index (χ0v) is 19.5. The highest BCUT2D eigenvalue weighted by atomic mass is 32.1. The lowest BCUT2D eigenvalue weighted by molar-refractivity contribution is -0.120. The van der Waals surface area contributed by atoms with Crippen LogP contribution in [0.2, 0.25) is 0 Å². The Kier molecular flexibility index (Phi) is 6.37. The largest absolute Gasteiger partial charge is 0.335 e. The average molecular weight is 460 g/mol. The van der Waals surface area contributed by atoms with Crippen LogP contribution in [0.3, 0.4) is 0 Å². The Morgan fingerprint density at radius 3 is 2.33 bits per heavy atom. The minimum atomic E-state index is -1.17. The van der Waals surface area contributed by atoms with Crippen molar-refractivity contribution in [2.45, 2.75) is 25.8 Å². The SMILES string of the molecule is Cn1ccnc1C(=O)NC(C)(C)C(=O)Nc1nc(-c2ccccc2)c(Cc2ccccc2)s1. The zero-order valence-electron chi connectivity index (χ0n) is 18.7. The van der Waals surface area contributed by atoms with Crippen LogP contribution in [0, 0.1) is 0 Å². The number of thiazole rings is 1. The second kappa shape index (κ2) is 9.38. The van der Waals surface area contributed by atoms with Gasteiger partial charge in [-0.05, 0) is 19.4 Å². The van der Waals surface area contributed by atoms with Crippen LogP contribution >= 0.6 is 11.3 Å². The molecule has 2 amide bonds. The van der Waals surface area contributed by atoms with Gasteiger partial charge in [0.25, 0.3) is 11.8 Å². The Morgan fingerprint density at radius 1 is 1.03 bits per heavy atom. The summed E-state index contributed by atoms with van der Waals surface area (Å²) >= 11 is 1.44. The van der Waals surface area contributed by atoms with Crippen molar-refractivity contribution in [1.82, 2.24) is 19.9 Å². The minimum Gasteiger partial charge on any atom is -0.335 e. The quantitative estimate of drug-likeness (QED) is 0.432. The number of imidazole rings is 1. The molecule has 168 valence electrons. The number of aromatic nitrogens is 3. The Balaban J connectivity index is 1.56. The highest BCUT2D eigenvalue weighted by Gasteiger charge is 2.32. The van der Waals surface area contributed by atoms with Gasteiger partial charge in [0.05, 0.1) is 5.69 Å². The third kappa shape index (κ3) is 5.18. The predicted molar refractivity (Wildman–Crippen MR) is 130 cm³/mol. The van der Waals surface area contributed by atoms with E-state index in [-0.39, 0.29) is 11.7 Å². The Labute approximate surface area is 196 Å². The van der Waals surface area contributed by atoms with Crippen molar-refractivity contribution in [3.05, 3.63) is 89.3 Å². The highest BCUT2D eigenvalue weighted by Crippen LogP contribution is 2.33. The minimum absolute atomic E-state index is 0.238. The highest BCUT2D eigenvalue weighted by molar-refractivity contribution is 7.16. The monoisotopic (exact) mass is 459 g/mol. The number of nitrogens with one attached hydrogen (secondary N) is 2. The maximum absolute atomic E-state index is 13.1. The van der Waals surface area contributed by atoms with Crippen LogP contribution in [0.1, 0.15) is 34.9 Å². The number of benzene rings is 2. The fourth-order valence-corrected chi connectivity index (χ4v) is 4.38. The molecule has 4 aromatic rings. The van der Waals surface area contributed by atoms with E-state index in [1.807, 2.05) is 48.5 Å². The lowest BCUT2D eigenvalue weighted by Gasteiger charge is -2.24. The first kappa shape index (κ1) is 22.4. The third-order valence-electron chi connectivity index (χ3n) is 5.19. The molecule has 0 unspecified atom stereocenters. The fraction of sp³-hybridized carbons (Fsp3) is 0.200. The molecule has 2 N–H and O–H groups in total. The first-order valence-electron chi connectivity index (χ1n) is 10.5. The molecular formula is C25H25N5O2S. The Morgan fingerprint density at radius 2 is 1.70 bits per heavy atom. The van der Waals surface area contributed by atoms with E-state index < -0.39 is 11.4 Å². The third-order valence-corrected chi connectivity index (χ3v) is 6.16. The molecule has 33 heavy (non-hydrogen) atoms. The molecule has 0 saturated carbocycles. The van der Waals surface area contributed by atoms with Crippen molar-refractivity contribution in [3.8, 4) is 11.3 Å². The van der Waals surface area contributed by atoms with Gasteiger partial charge in [-0.3, -0.25) is 14.9 Å². The van der Waals surface area contributed by atoms with Gasteiger partial charge < -0.3 is 9.88 Å². The Hall–Kier alpha value is -3.78. The number of rotatable bonds is 7. The number of carbonyl (C=O) groups excluding carboxylic acids is 2. The molecule has 4 rings (SSSR count). The topological polar surface area (TPSA) is 88.9 Å². The lowest BCUT2D eigenvalue weighted by Crippen LogP contribution is -2.52. The van der Waals surface area contributed by atoms with Crippen LogP contribution < -0.4 is 10.6 Å². The van der Waals surface area contributed by atoms with Gasteiger partial charge in [-0.25, -0.2) is 9.97 Å². The van der Waals surface area contributed by atoms with Crippen molar-refractivity contribution in [2.75, 3.05) is 5.32 Å². The molecule has 0 atom stereocenters. The summed E-state index contributed by atoms with van der Waals surface area (Å²) in [6.45, 7) is 3.31. The molecular weight excluding hydrogens is 434 g/mol. The summed E-state index contributed by atoms with van der Waals surface area (Å²) in [4.78, 5) is 35.4. The van der Waals surface area contributed by atoms with Crippen LogP contribution in [0.5, 0.6) is 0 Å². The molecule has 2 aromatic heterocycles. The van der Waals surface area contributed by atoms with Gasteiger partial charge in [0.1, 0.15) is 5.54 Å². The molecule has 7 nitrogen and oxygen atoms in total. The number of aryl methyl sites for hydroxylation is 1. The van der Waals surface area contributed by atoms with Crippen LogP contribution in [-0.4, -0.2) is 31.9 Å². The molecule has 8 heteroatoms. The number of nitrogens with zero attached hydrogens (tertiary/aromatic N) is 3. The van der Waals surface area contributed by atoms with E-state index in [0.29, 0.717) is 11.6 Å². The summed E-state index contributed by atoms with van der Waals surface area (Å²) in [6, 6.07) is 20.1. The summed E-state index contributed by atoms with van der Waals surface area (Å²) in [5, 5.41) is 6.14. The van der Waals surface area contributed by atoms with E-state index in [1.54, 1.807) is 31.7 Å². The van der Waals surface area contributed by atoms with E-state index in [1.165, 1.54) is 23.1 Å². The maximum atomic E-state index is 13.1. The molecule has 0 saturated heterocycles. The van der Waals surface area contributed by atoms with Gasteiger partial charge in [-0.2, -0.15) is 0 Å². The summed E-state index contributed by atoms with van der Waals surface area (Å²) < 4.78 is 1.60. The van der Waals surface area contributed by atoms with Crippen molar-refractivity contribution in [1.29, 1.82) is 0 Å². The van der Waals surface area contributed by atoms with Crippen molar-refractivity contribution < 1.29 is 9.59 Å². The van der Waals surface area contributed by atoms with Gasteiger partial charge in [0.15, 0.2) is 11.0 Å². The summed E-state index contributed by atoms with van der Waals surface area (Å²) in [6.07, 6.45) is 3.92. The number of anilines is 1. The molecule has 2 heterocycles. The van der Waals surface area contributed by atoms with Gasteiger partial charge in [-0.15, -0.1) is 11.3 Å². The van der Waals surface area contributed by atoms with Crippen molar-refractivity contribution >= 4 is 28.3 Å². The van der Waals surface area contributed by atoms with Crippen molar-refractivity contribution in [2.24, 2.45) is 7.05 Å². The lowest BCUT2D eigenvalue weighted by atomic mass is 10.0. The number of carbonyl (C=O) groups is 2. The summed E-state index contributed by atoms with van der Waals surface area (Å²) in [5.41, 5.74) is 1.83.